The van der Waals surface area contributed by atoms with Crippen molar-refractivity contribution in [3.63, 3.8) is 0 Å². The number of fused-ring (bicyclic) bond motifs is 1. The minimum absolute atomic E-state index is 0.0435. The number of hydrogen-bond acceptors (Lipinski definition) is 11. The number of imidazole rings is 1. The smallest absolute Gasteiger partial charge is 0.305 e. The summed E-state index contributed by atoms with van der Waals surface area (Å²) < 4.78 is 30.1. The number of hydrogen-bond donors (Lipinski definition) is 0. The highest BCUT2D eigenvalue weighted by atomic mass is 35.5. The highest BCUT2D eigenvalue weighted by Gasteiger charge is 2.61. The summed E-state index contributed by atoms with van der Waals surface area (Å²) in [5, 5.41) is 0.292. The van der Waals surface area contributed by atoms with Gasteiger partial charge in [0, 0.05) is 32.6 Å². The first-order valence-corrected chi connectivity index (χ1v) is 14.8. The van der Waals surface area contributed by atoms with E-state index in [9.17, 15) is 14.4 Å². The summed E-state index contributed by atoms with van der Waals surface area (Å²) in [6.45, 7) is 12.5. The predicted molar refractivity (Wildman–Crippen MR) is 149 cm³/mol. The van der Waals surface area contributed by atoms with Crippen molar-refractivity contribution in [2.75, 3.05) is 0 Å². The fourth-order valence-electron chi connectivity index (χ4n) is 7.26. The lowest BCUT2D eigenvalue weighted by molar-refractivity contribution is -0.219. The van der Waals surface area contributed by atoms with E-state index in [0.717, 1.165) is 25.7 Å². The first kappa shape index (κ1) is 30.6. The lowest BCUT2D eigenvalue weighted by Gasteiger charge is -2.46. The first-order valence-electron chi connectivity index (χ1n) is 14.5. The summed E-state index contributed by atoms with van der Waals surface area (Å²) >= 11 is 6.09. The molecular formula is C29H39ClN4O8. The third-order valence-corrected chi connectivity index (χ3v) is 9.43. The van der Waals surface area contributed by atoms with Crippen molar-refractivity contribution in [1.29, 1.82) is 0 Å². The Balaban J connectivity index is 0.000000176. The third kappa shape index (κ3) is 5.48. The van der Waals surface area contributed by atoms with Gasteiger partial charge in [-0.2, -0.15) is 0 Å². The summed E-state index contributed by atoms with van der Waals surface area (Å²) in [5.41, 5.74) is 0.547. The molecule has 6 atom stereocenters. The van der Waals surface area contributed by atoms with Gasteiger partial charge in [0.05, 0.1) is 17.5 Å². The van der Waals surface area contributed by atoms with Crippen LogP contribution in [0.1, 0.15) is 80.4 Å². The van der Waals surface area contributed by atoms with Crippen molar-refractivity contribution in [2.45, 2.75) is 110 Å². The Morgan fingerprint density at radius 1 is 0.810 bits per heavy atom. The topological polar surface area (TPSA) is 141 Å². The zero-order valence-electron chi connectivity index (χ0n) is 25.0. The van der Waals surface area contributed by atoms with E-state index in [4.69, 9.17) is 35.3 Å². The Kier molecular flexibility index (Phi) is 8.27. The molecule has 3 unspecified atom stereocenters. The molecule has 4 aliphatic rings. The number of ether oxygens (including phenoxy) is 5. The second-order valence-corrected chi connectivity index (χ2v) is 12.8. The van der Waals surface area contributed by atoms with Crippen LogP contribution in [0.2, 0.25) is 5.15 Å². The molecule has 4 heterocycles. The number of nitrogens with zero attached hydrogens (tertiary/aromatic N) is 4. The molecule has 6 rings (SSSR count). The second kappa shape index (κ2) is 11.3. The third-order valence-electron chi connectivity index (χ3n) is 9.15. The summed E-state index contributed by atoms with van der Waals surface area (Å²) in [5.74, 6) is 0.231. The Labute approximate surface area is 249 Å². The largest absolute Gasteiger partial charge is 0.457 e. The molecule has 0 N–H and O–H groups in total. The zero-order valence-corrected chi connectivity index (χ0v) is 25.8. The number of esters is 3. The van der Waals surface area contributed by atoms with Gasteiger partial charge < -0.3 is 23.7 Å². The standard InChI is InChI=1S/C16H19ClN4O3.C13H20O5/c1-8-4-16(5-8)9(2)12(23-10(3)22)15(24-16)21-7-20-11-13(17)18-6-19-14(11)21;1-7-5-13(6-7)8(2)11(16-9(3)14)12(18-13)17-10(4)15/h6-9,12,15H,4-5H2,1-3H3;7-8,11-12H,5-6H2,1-4H3/t8?,9-,12?,15+,16?;7?,8-,11?,12?,13?/m00/s1. The molecule has 2 aromatic rings. The van der Waals surface area contributed by atoms with Gasteiger partial charge in [-0.3, -0.25) is 19.0 Å². The quantitative estimate of drug-likeness (QED) is 0.278. The maximum atomic E-state index is 11.6. The minimum atomic E-state index is -0.770. The van der Waals surface area contributed by atoms with Crippen LogP contribution in [0.5, 0.6) is 0 Å². The van der Waals surface area contributed by atoms with Gasteiger partial charge in [-0.15, -0.1) is 0 Å². The molecular weight excluding hydrogens is 568 g/mol. The highest BCUT2D eigenvalue weighted by Crippen LogP contribution is 2.56. The van der Waals surface area contributed by atoms with E-state index in [-0.39, 0.29) is 41.1 Å². The minimum Gasteiger partial charge on any atom is -0.457 e. The average Bonchev–Trinajstić information content (AvgIpc) is 3.48. The molecule has 2 saturated carbocycles. The molecule has 0 aromatic carbocycles. The fourth-order valence-corrected chi connectivity index (χ4v) is 7.44. The molecule has 42 heavy (non-hydrogen) atoms. The van der Waals surface area contributed by atoms with Crippen molar-refractivity contribution in [1.82, 2.24) is 19.5 Å². The summed E-state index contributed by atoms with van der Waals surface area (Å²) in [7, 11) is 0. The molecule has 2 spiro atoms. The maximum absolute atomic E-state index is 11.6. The first-order chi connectivity index (χ1) is 19.7. The summed E-state index contributed by atoms with van der Waals surface area (Å²) in [6, 6.07) is 0. The molecule has 2 aliphatic carbocycles. The SMILES string of the molecule is CC(=O)OC1OC2(CC(C)C2)[C@@H](C)C1OC(C)=O.CC(=O)OC1[C@H](n2cnc3c(Cl)ncnc32)OC2(CC(C)C2)[C@H]1C. The average molecular weight is 607 g/mol. The Hall–Kier alpha value is -2.83. The molecule has 230 valence electrons. The molecule has 2 aliphatic heterocycles. The van der Waals surface area contributed by atoms with E-state index < -0.39 is 24.6 Å². The Bertz CT molecular complexity index is 1350. The molecule has 2 aromatic heterocycles. The number of carbonyl (C=O) groups is 3. The van der Waals surface area contributed by atoms with Gasteiger partial charge >= 0.3 is 17.9 Å². The van der Waals surface area contributed by atoms with Crippen LogP contribution in [0.25, 0.3) is 11.2 Å². The highest BCUT2D eigenvalue weighted by molar-refractivity contribution is 6.33. The molecule has 0 amide bonds. The molecule has 0 radical (unpaired) electrons. The van der Waals surface area contributed by atoms with Crippen molar-refractivity contribution in [3.8, 4) is 0 Å². The van der Waals surface area contributed by atoms with Crippen LogP contribution < -0.4 is 0 Å². The number of carbonyl (C=O) groups excluding carboxylic acids is 3. The Morgan fingerprint density at radius 2 is 1.33 bits per heavy atom. The number of halogens is 1. The predicted octanol–water partition coefficient (Wildman–Crippen LogP) is 4.39. The van der Waals surface area contributed by atoms with Crippen molar-refractivity contribution in [3.05, 3.63) is 17.8 Å². The fraction of sp³-hybridized carbons (Fsp3) is 0.724. The molecule has 2 saturated heterocycles. The van der Waals surface area contributed by atoms with Crippen LogP contribution in [0.3, 0.4) is 0 Å². The van der Waals surface area contributed by atoms with E-state index in [0.29, 0.717) is 28.2 Å². The van der Waals surface area contributed by atoms with E-state index in [2.05, 4.69) is 35.7 Å². The van der Waals surface area contributed by atoms with Crippen LogP contribution in [-0.4, -0.2) is 67.1 Å². The van der Waals surface area contributed by atoms with Gasteiger partial charge in [0.25, 0.3) is 0 Å². The van der Waals surface area contributed by atoms with Gasteiger partial charge in [0.2, 0.25) is 6.29 Å². The van der Waals surface area contributed by atoms with Crippen LogP contribution in [0.15, 0.2) is 12.7 Å². The molecule has 4 fully saturated rings. The van der Waals surface area contributed by atoms with Crippen LogP contribution in [-0.2, 0) is 38.1 Å². The number of rotatable bonds is 4. The van der Waals surface area contributed by atoms with Gasteiger partial charge in [0.1, 0.15) is 11.8 Å². The summed E-state index contributed by atoms with van der Waals surface area (Å²) in [6.07, 6.45) is 4.66. The monoisotopic (exact) mass is 606 g/mol. The lowest BCUT2D eigenvalue weighted by atomic mass is 9.65. The molecule has 0 bridgehead atoms. The van der Waals surface area contributed by atoms with E-state index >= 15 is 0 Å². The van der Waals surface area contributed by atoms with E-state index in [1.165, 1.54) is 27.1 Å². The molecule has 13 heteroatoms. The van der Waals surface area contributed by atoms with Gasteiger partial charge in [-0.05, 0) is 37.5 Å². The van der Waals surface area contributed by atoms with Crippen molar-refractivity contribution in [2.24, 2.45) is 23.7 Å². The van der Waals surface area contributed by atoms with Crippen molar-refractivity contribution >= 4 is 40.7 Å². The number of aromatic nitrogens is 4. The van der Waals surface area contributed by atoms with E-state index in [1.807, 2.05) is 6.92 Å². The Morgan fingerprint density at radius 3 is 1.88 bits per heavy atom. The maximum Gasteiger partial charge on any atom is 0.305 e. The van der Waals surface area contributed by atoms with Crippen LogP contribution in [0.4, 0.5) is 0 Å². The van der Waals surface area contributed by atoms with Crippen LogP contribution in [0, 0.1) is 23.7 Å². The van der Waals surface area contributed by atoms with Gasteiger partial charge in [-0.1, -0.05) is 39.3 Å². The van der Waals surface area contributed by atoms with Gasteiger partial charge in [0.15, 0.2) is 29.2 Å². The zero-order chi connectivity index (χ0) is 30.6. The van der Waals surface area contributed by atoms with Gasteiger partial charge in [-0.25, -0.2) is 15.0 Å². The van der Waals surface area contributed by atoms with Crippen molar-refractivity contribution < 1.29 is 38.1 Å². The normalized spacial score (nSPS) is 38.4. The van der Waals surface area contributed by atoms with E-state index in [1.54, 1.807) is 10.9 Å². The summed E-state index contributed by atoms with van der Waals surface area (Å²) in [4.78, 5) is 46.3. The second-order valence-electron chi connectivity index (χ2n) is 12.5. The molecule has 12 nitrogen and oxygen atoms in total. The van der Waals surface area contributed by atoms with Crippen LogP contribution >= 0.6 is 11.6 Å². The lowest BCUT2D eigenvalue weighted by Crippen LogP contribution is -2.48.